The van der Waals surface area contributed by atoms with E-state index in [1.807, 2.05) is 0 Å². The molecule has 1 fully saturated rings. The lowest BCUT2D eigenvalue weighted by Gasteiger charge is -2.41. The largest absolute Gasteiger partial charge is 0.383 e. The van der Waals surface area contributed by atoms with Crippen molar-refractivity contribution in [3.8, 4) is 0 Å². The molecule has 1 aliphatic heterocycles. The quantitative estimate of drug-likeness (QED) is 0.895. The number of anilines is 1. The number of piperazine rings is 1. The fourth-order valence-electron chi connectivity index (χ4n) is 2.27. The van der Waals surface area contributed by atoms with Crippen LogP contribution in [0, 0.1) is 0 Å². The van der Waals surface area contributed by atoms with Crippen LogP contribution in [-0.2, 0) is 0 Å². The Balaban J connectivity index is 1.89. The van der Waals surface area contributed by atoms with Gasteiger partial charge in [0.05, 0.1) is 0 Å². The van der Waals surface area contributed by atoms with Gasteiger partial charge in [0, 0.05) is 48.4 Å². The van der Waals surface area contributed by atoms with Gasteiger partial charge in [-0.1, -0.05) is 15.9 Å². The van der Waals surface area contributed by atoms with E-state index in [0.717, 1.165) is 37.2 Å². The molecular weight excluding hydrogens is 290 g/mol. The molecule has 0 bridgehead atoms. The predicted molar refractivity (Wildman–Crippen MR) is 81.2 cm³/mol. The highest BCUT2D eigenvalue weighted by atomic mass is 79.9. The summed E-state index contributed by atoms with van der Waals surface area (Å²) in [6.07, 6.45) is 0. The third-order valence-corrected chi connectivity index (χ3v) is 4.07. The molecule has 0 atom stereocenters. The van der Waals surface area contributed by atoms with E-state index in [2.05, 4.69) is 69.6 Å². The number of benzene rings is 1. The van der Waals surface area contributed by atoms with Crippen LogP contribution < -0.4 is 10.6 Å². The van der Waals surface area contributed by atoms with Crippen molar-refractivity contribution in [3.63, 3.8) is 0 Å². The van der Waals surface area contributed by atoms with Crippen molar-refractivity contribution in [1.82, 2.24) is 10.2 Å². The minimum Gasteiger partial charge on any atom is -0.383 e. The van der Waals surface area contributed by atoms with Gasteiger partial charge in [0.25, 0.3) is 0 Å². The molecule has 0 saturated carbocycles. The lowest BCUT2D eigenvalue weighted by atomic mass is 10.0. The van der Waals surface area contributed by atoms with E-state index in [1.165, 1.54) is 5.69 Å². The van der Waals surface area contributed by atoms with Crippen LogP contribution >= 0.6 is 15.9 Å². The van der Waals surface area contributed by atoms with Gasteiger partial charge < -0.3 is 10.6 Å². The third-order valence-electron chi connectivity index (χ3n) is 3.54. The summed E-state index contributed by atoms with van der Waals surface area (Å²) in [5, 5.41) is 6.93. The summed E-state index contributed by atoms with van der Waals surface area (Å²) in [5.41, 5.74) is 1.37. The molecule has 0 aromatic heterocycles. The zero-order valence-corrected chi connectivity index (χ0v) is 12.8. The molecule has 4 heteroatoms. The van der Waals surface area contributed by atoms with E-state index < -0.39 is 0 Å². The van der Waals surface area contributed by atoms with Crippen LogP contribution in [0.25, 0.3) is 0 Å². The second-order valence-corrected chi connectivity index (χ2v) is 6.33. The summed E-state index contributed by atoms with van der Waals surface area (Å²) in [5.74, 6) is 0. The van der Waals surface area contributed by atoms with Crippen molar-refractivity contribution < 1.29 is 0 Å². The van der Waals surface area contributed by atoms with Crippen LogP contribution in [-0.4, -0.2) is 43.2 Å². The van der Waals surface area contributed by atoms with Crippen LogP contribution in [0.2, 0.25) is 0 Å². The van der Waals surface area contributed by atoms with Crippen molar-refractivity contribution in [2.75, 3.05) is 38.0 Å². The van der Waals surface area contributed by atoms with Gasteiger partial charge in [0.15, 0.2) is 0 Å². The van der Waals surface area contributed by atoms with Gasteiger partial charge in [0.2, 0.25) is 0 Å². The number of nitrogens with one attached hydrogen (secondary N) is 2. The van der Waals surface area contributed by atoms with E-state index in [-0.39, 0.29) is 5.54 Å². The highest BCUT2D eigenvalue weighted by Crippen LogP contribution is 2.18. The van der Waals surface area contributed by atoms with Crippen LogP contribution in [0.3, 0.4) is 0 Å². The third kappa shape index (κ3) is 3.70. The predicted octanol–water partition coefficient (Wildman–Crippen LogP) is 2.54. The van der Waals surface area contributed by atoms with Crippen LogP contribution in [0.5, 0.6) is 0 Å². The first-order valence-corrected chi connectivity index (χ1v) is 7.32. The normalized spacial score (nSPS) is 17.7. The van der Waals surface area contributed by atoms with Crippen molar-refractivity contribution in [2.24, 2.45) is 0 Å². The number of hydrogen-bond donors (Lipinski definition) is 2. The topological polar surface area (TPSA) is 27.3 Å². The zero-order chi connectivity index (χ0) is 13.0. The molecule has 1 aliphatic rings. The summed E-state index contributed by atoms with van der Waals surface area (Å²) in [4.78, 5) is 2.55. The highest BCUT2D eigenvalue weighted by Gasteiger charge is 2.27. The Hall–Kier alpha value is -0.580. The molecule has 0 aliphatic carbocycles. The Morgan fingerprint density at radius 3 is 2.44 bits per heavy atom. The Morgan fingerprint density at radius 1 is 1.22 bits per heavy atom. The van der Waals surface area contributed by atoms with Crippen molar-refractivity contribution in [2.45, 2.75) is 19.4 Å². The second kappa shape index (κ2) is 6.04. The molecule has 100 valence electrons. The van der Waals surface area contributed by atoms with Gasteiger partial charge in [-0.15, -0.1) is 0 Å². The first-order chi connectivity index (χ1) is 8.58. The maximum atomic E-state index is 3.53. The summed E-state index contributed by atoms with van der Waals surface area (Å²) in [6.45, 7) is 10.1. The first-order valence-electron chi connectivity index (χ1n) is 6.53. The fourth-order valence-corrected chi connectivity index (χ4v) is 2.53. The Morgan fingerprint density at radius 2 is 1.83 bits per heavy atom. The summed E-state index contributed by atoms with van der Waals surface area (Å²) in [7, 11) is 0. The fraction of sp³-hybridized carbons (Fsp3) is 0.571. The lowest BCUT2D eigenvalue weighted by Crippen LogP contribution is -2.56. The molecule has 0 unspecified atom stereocenters. The zero-order valence-electron chi connectivity index (χ0n) is 11.2. The Bertz CT molecular complexity index is 369. The van der Waals surface area contributed by atoms with Crippen LogP contribution in [0.1, 0.15) is 13.8 Å². The Labute approximate surface area is 118 Å². The molecule has 1 aromatic rings. The maximum absolute atomic E-state index is 3.53. The molecule has 1 aromatic carbocycles. The average molecular weight is 312 g/mol. The van der Waals surface area contributed by atoms with Gasteiger partial charge in [-0.2, -0.15) is 0 Å². The average Bonchev–Trinajstić information content (AvgIpc) is 2.39. The van der Waals surface area contributed by atoms with Gasteiger partial charge in [-0.05, 0) is 38.1 Å². The van der Waals surface area contributed by atoms with Gasteiger partial charge in [-0.3, -0.25) is 4.90 Å². The van der Waals surface area contributed by atoms with Crippen molar-refractivity contribution in [1.29, 1.82) is 0 Å². The van der Waals surface area contributed by atoms with Crippen molar-refractivity contribution >= 4 is 21.6 Å². The molecule has 1 heterocycles. The minimum absolute atomic E-state index is 0.190. The lowest BCUT2D eigenvalue weighted by molar-refractivity contribution is 0.114. The molecule has 2 rings (SSSR count). The second-order valence-electron chi connectivity index (χ2n) is 5.41. The molecule has 18 heavy (non-hydrogen) atoms. The van der Waals surface area contributed by atoms with Crippen LogP contribution in [0.4, 0.5) is 5.69 Å². The monoisotopic (exact) mass is 311 g/mol. The number of rotatable bonds is 4. The highest BCUT2D eigenvalue weighted by molar-refractivity contribution is 9.10. The standard InChI is InChI=1S/C14H22BrN3/c1-14(2,18-9-7-16-8-10-18)11-17-13-5-3-12(15)4-6-13/h3-6,16-17H,7-11H2,1-2H3. The van der Waals surface area contributed by atoms with Gasteiger partial charge in [-0.25, -0.2) is 0 Å². The number of nitrogens with zero attached hydrogens (tertiary/aromatic N) is 1. The van der Waals surface area contributed by atoms with Crippen LogP contribution in [0.15, 0.2) is 28.7 Å². The van der Waals surface area contributed by atoms with E-state index in [0.29, 0.717) is 0 Å². The van der Waals surface area contributed by atoms with Crippen molar-refractivity contribution in [3.05, 3.63) is 28.7 Å². The minimum atomic E-state index is 0.190. The van der Waals surface area contributed by atoms with E-state index in [4.69, 9.17) is 0 Å². The maximum Gasteiger partial charge on any atom is 0.0341 e. The summed E-state index contributed by atoms with van der Waals surface area (Å²) >= 11 is 3.46. The SMILES string of the molecule is CC(C)(CNc1ccc(Br)cc1)N1CCNCC1. The molecule has 0 radical (unpaired) electrons. The molecule has 2 N–H and O–H groups in total. The Kier molecular flexibility index (Phi) is 4.65. The van der Waals surface area contributed by atoms with Gasteiger partial charge >= 0.3 is 0 Å². The molecule has 0 amide bonds. The summed E-state index contributed by atoms with van der Waals surface area (Å²) in [6, 6.07) is 8.36. The molecule has 1 saturated heterocycles. The smallest absolute Gasteiger partial charge is 0.0341 e. The molecule has 3 nitrogen and oxygen atoms in total. The van der Waals surface area contributed by atoms with E-state index in [1.54, 1.807) is 0 Å². The number of hydrogen-bond acceptors (Lipinski definition) is 3. The summed E-state index contributed by atoms with van der Waals surface area (Å²) < 4.78 is 1.12. The molecular formula is C14H22BrN3. The number of halogens is 1. The van der Waals surface area contributed by atoms with E-state index in [9.17, 15) is 0 Å². The first kappa shape index (κ1) is 13.8. The van der Waals surface area contributed by atoms with E-state index >= 15 is 0 Å². The molecule has 0 spiro atoms. The van der Waals surface area contributed by atoms with Gasteiger partial charge in [0.1, 0.15) is 0 Å².